The average Bonchev–Trinajstić information content (AvgIpc) is 3.42. The van der Waals surface area contributed by atoms with E-state index in [0.29, 0.717) is 74.1 Å². The van der Waals surface area contributed by atoms with Gasteiger partial charge in [0.15, 0.2) is 5.82 Å². The van der Waals surface area contributed by atoms with E-state index in [9.17, 15) is 18.7 Å². The summed E-state index contributed by atoms with van der Waals surface area (Å²) in [6, 6.07) is 8.93. The third-order valence-electron chi connectivity index (χ3n) is 9.23. The number of benzene rings is 1. The van der Waals surface area contributed by atoms with Gasteiger partial charge in [-0.1, -0.05) is 12.1 Å². The third-order valence-corrected chi connectivity index (χ3v) is 9.23. The first kappa shape index (κ1) is 30.8. The van der Waals surface area contributed by atoms with Crippen molar-refractivity contribution in [1.82, 2.24) is 24.8 Å². The first-order valence-corrected chi connectivity index (χ1v) is 15.9. The van der Waals surface area contributed by atoms with Crippen LogP contribution in [0.4, 0.5) is 14.7 Å². The molecule has 0 atom stereocenters. The lowest BCUT2D eigenvalue weighted by atomic mass is 9.83. The van der Waals surface area contributed by atoms with Gasteiger partial charge in [0.25, 0.3) is 6.43 Å². The zero-order valence-electron chi connectivity index (χ0n) is 25.3. The van der Waals surface area contributed by atoms with Gasteiger partial charge in [0, 0.05) is 31.6 Å². The molecule has 238 valence electrons. The summed E-state index contributed by atoms with van der Waals surface area (Å²) in [5, 5.41) is 13.5. The zero-order valence-corrected chi connectivity index (χ0v) is 25.3. The normalized spacial score (nSPS) is 26.3. The van der Waals surface area contributed by atoms with Gasteiger partial charge >= 0.3 is 0 Å². The van der Waals surface area contributed by atoms with Crippen LogP contribution in [0.5, 0.6) is 5.88 Å². The summed E-state index contributed by atoms with van der Waals surface area (Å²) in [6.07, 6.45) is 4.28. The Labute approximate surface area is 256 Å². The fourth-order valence-corrected chi connectivity index (χ4v) is 6.63. The van der Waals surface area contributed by atoms with E-state index in [1.165, 1.54) is 4.57 Å². The summed E-state index contributed by atoms with van der Waals surface area (Å²) in [5.41, 5.74) is 0.422. The second-order valence-corrected chi connectivity index (χ2v) is 12.7. The Kier molecular flexibility index (Phi) is 9.39. The molecule has 3 aromatic rings. The van der Waals surface area contributed by atoms with E-state index >= 15 is 0 Å². The third kappa shape index (κ3) is 7.35. The molecule has 0 amide bonds. The van der Waals surface area contributed by atoms with Gasteiger partial charge < -0.3 is 24.8 Å². The molecule has 6 rings (SSSR count). The number of morpholine rings is 1. The Bertz CT molecular complexity index is 1430. The summed E-state index contributed by atoms with van der Waals surface area (Å²) in [6.45, 7) is 4.49. The summed E-state index contributed by atoms with van der Waals surface area (Å²) in [4.78, 5) is 28.3. The van der Waals surface area contributed by atoms with Crippen LogP contribution in [0.1, 0.15) is 77.0 Å². The van der Waals surface area contributed by atoms with Crippen molar-refractivity contribution >= 4 is 22.8 Å². The van der Waals surface area contributed by atoms with E-state index in [-0.39, 0.29) is 23.5 Å². The van der Waals surface area contributed by atoms with Gasteiger partial charge in [-0.2, -0.15) is 9.97 Å². The maximum atomic E-state index is 14.2. The standard InChI is InChI=1S/C32H42F2N6O4/c1-32(42)12-10-22(11-13-32)35-20-23(41)18-21-6-8-24(9-7-21)44-28-19-27(37-31(38-28)39-14-16-43-17-15-39)40-26-5-3-2-4-25(26)36-30(40)29(33)34/h2-5,19,21-22,24,29,35,42H,6-18,20H2,1H3. The molecule has 2 aliphatic carbocycles. The number of nitrogens with zero attached hydrogens (tertiary/aromatic N) is 5. The van der Waals surface area contributed by atoms with Crippen LogP contribution in [0.2, 0.25) is 0 Å². The molecule has 0 spiro atoms. The van der Waals surface area contributed by atoms with Crippen LogP contribution in [-0.2, 0) is 9.53 Å². The molecule has 1 aliphatic heterocycles. The maximum Gasteiger partial charge on any atom is 0.296 e. The van der Waals surface area contributed by atoms with E-state index in [0.717, 1.165) is 51.4 Å². The van der Waals surface area contributed by atoms with Gasteiger partial charge in [0.05, 0.1) is 36.4 Å². The first-order chi connectivity index (χ1) is 21.2. The largest absolute Gasteiger partial charge is 0.474 e. The Morgan fingerprint density at radius 3 is 2.55 bits per heavy atom. The summed E-state index contributed by atoms with van der Waals surface area (Å²) in [5.74, 6) is 1.20. The number of rotatable bonds is 10. The first-order valence-electron chi connectivity index (χ1n) is 15.9. The van der Waals surface area contributed by atoms with Crippen molar-refractivity contribution in [3.63, 3.8) is 0 Å². The van der Waals surface area contributed by atoms with Gasteiger partial charge in [0.2, 0.25) is 11.8 Å². The molecule has 2 aromatic heterocycles. The molecule has 12 heteroatoms. The smallest absolute Gasteiger partial charge is 0.296 e. The second-order valence-electron chi connectivity index (χ2n) is 12.7. The molecule has 0 unspecified atom stereocenters. The molecule has 10 nitrogen and oxygen atoms in total. The molecule has 0 radical (unpaired) electrons. The number of aromatic nitrogens is 4. The number of carbonyl (C=O) groups is 1. The minimum Gasteiger partial charge on any atom is -0.474 e. The fraction of sp³-hybridized carbons (Fsp3) is 0.625. The highest BCUT2D eigenvalue weighted by atomic mass is 19.3. The topological polar surface area (TPSA) is 115 Å². The Balaban J connectivity index is 1.11. The molecule has 2 N–H and O–H groups in total. The lowest BCUT2D eigenvalue weighted by Crippen LogP contribution is -2.41. The van der Waals surface area contributed by atoms with Crippen molar-refractivity contribution in [2.45, 2.75) is 88.9 Å². The van der Waals surface area contributed by atoms with Crippen LogP contribution in [0.25, 0.3) is 16.9 Å². The van der Waals surface area contributed by atoms with Gasteiger partial charge in [-0.3, -0.25) is 9.36 Å². The zero-order chi connectivity index (χ0) is 30.7. The quantitative estimate of drug-likeness (QED) is 0.334. The highest BCUT2D eigenvalue weighted by molar-refractivity contribution is 5.80. The van der Waals surface area contributed by atoms with Crippen molar-refractivity contribution in [3.05, 3.63) is 36.2 Å². The molecular weight excluding hydrogens is 570 g/mol. The van der Waals surface area contributed by atoms with Crippen molar-refractivity contribution in [2.24, 2.45) is 5.92 Å². The number of halogens is 2. The van der Waals surface area contributed by atoms with E-state index in [1.54, 1.807) is 30.3 Å². The number of nitrogens with one attached hydrogen (secondary N) is 1. The van der Waals surface area contributed by atoms with E-state index in [4.69, 9.17) is 19.4 Å². The van der Waals surface area contributed by atoms with E-state index in [1.807, 2.05) is 11.8 Å². The molecular formula is C32H42F2N6O4. The number of para-hydroxylation sites is 2. The molecule has 44 heavy (non-hydrogen) atoms. The number of carbonyl (C=O) groups excluding carboxylic acids is 1. The number of anilines is 1. The van der Waals surface area contributed by atoms with Crippen LogP contribution < -0.4 is 15.0 Å². The number of hydrogen-bond donors (Lipinski definition) is 2. The number of ketones is 1. The molecule has 3 aliphatic rings. The number of ether oxygens (including phenoxy) is 2. The predicted molar refractivity (Wildman–Crippen MR) is 162 cm³/mol. The number of hydrogen-bond acceptors (Lipinski definition) is 9. The molecule has 1 saturated heterocycles. The number of Topliss-reactive ketones (excluding diaryl/α,β-unsaturated/α-hetero) is 1. The maximum absolute atomic E-state index is 14.2. The Morgan fingerprint density at radius 1 is 1.09 bits per heavy atom. The molecule has 0 bridgehead atoms. The Morgan fingerprint density at radius 2 is 1.82 bits per heavy atom. The van der Waals surface area contributed by atoms with Crippen LogP contribution >= 0.6 is 0 Å². The SMILES string of the molecule is CC1(O)CCC(NCC(=O)CC2CCC(Oc3cc(-n4c(C(F)F)nc5ccccc54)nc(N4CCOCC4)n3)CC2)CC1. The highest BCUT2D eigenvalue weighted by Gasteiger charge is 2.30. The summed E-state index contributed by atoms with van der Waals surface area (Å²) < 4.78 is 41.6. The number of alkyl halides is 2. The minimum atomic E-state index is -2.79. The van der Waals surface area contributed by atoms with Crippen LogP contribution in [0.15, 0.2) is 30.3 Å². The van der Waals surface area contributed by atoms with Crippen LogP contribution in [0, 0.1) is 5.92 Å². The molecule has 3 heterocycles. The Hall–Kier alpha value is -3.22. The number of aliphatic hydroxyl groups is 1. The van der Waals surface area contributed by atoms with Crippen molar-refractivity contribution in [2.75, 3.05) is 37.7 Å². The second kappa shape index (κ2) is 13.4. The van der Waals surface area contributed by atoms with E-state index < -0.39 is 12.0 Å². The molecule has 3 fully saturated rings. The molecule has 2 saturated carbocycles. The predicted octanol–water partition coefficient (Wildman–Crippen LogP) is 4.77. The van der Waals surface area contributed by atoms with Crippen LogP contribution in [0.3, 0.4) is 0 Å². The van der Waals surface area contributed by atoms with Crippen LogP contribution in [-0.4, -0.2) is 81.0 Å². The highest BCUT2D eigenvalue weighted by Crippen LogP contribution is 2.33. The van der Waals surface area contributed by atoms with Gasteiger partial charge in [-0.05, 0) is 76.3 Å². The van der Waals surface area contributed by atoms with Crippen molar-refractivity contribution < 1.29 is 28.2 Å². The summed E-state index contributed by atoms with van der Waals surface area (Å²) >= 11 is 0. The summed E-state index contributed by atoms with van der Waals surface area (Å²) in [7, 11) is 0. The lowest BCUT2D eigenvalue weighted by molar-refractivity contribution is -0.119. The number of imidazole rings is 1. The number of fused-ring (bicyclic) bond motifs is 1. The van der Waals surface area contributed by atoms with E-state index in [2.05, 4.69) is 10.3 Å². The van der Waals surface area contributed by atoms with Crippen molar-refractivity contribution in [1.29, 1.82) is 0 Å². The minimum absolute atomic E-state index is 0.0936. The van der Waals surface area contributed by atoms with Gasteiger partial charge in [-0.15, -0.1) is 0 Å². The average molecular weight is 613 g/mol. The van der Waals surface area contributed by atoms with Crippen molar-refractivity contribution in [3.8, 4) is 11.7 Å². The van der Waals surface area contributed by atoms with Gasteiger partial charge in [0.1, 0.15) is 17.7 Å². The van der Waals surface area contributed by atoms with Gasteiger partial charge in [-0.25, -0.2) is 13.8 Å². The monoisotopic (exact) mass is 612 g/mol. The molecule has 1 aromatic carbocycles. The lowest BCUT2D eigenvalue weighted by Gasteiger charge is -2.33. The fourth-order valence-electron chi connectivity index (χ4n) is 6.63.